The molecule has 0 aromatic carbocycles. The number of hydrogen-bond donors (Lipinski definition) is 0. The zero-order chi connectivity index (χ0) is 18.6. The summed E-state index contributed by atoms with van der Waals surface area (Å²) in [5, 5.41) is 10.9. The summed E-state index contributed by atoms with van der Waals surface area (Å²) in [5.41, 5.74) is 0. The molecule has 146 valence electrons. The number of aliphatic carboxylic acids is 1. The van der Waals surface area contributed by atoms with Gasteiger partial charge in [-0.1, -0.05) is 76.7 Å². The average molecular weight is 358 g/mol. The third-order valence-corrected chi connectivity index (χ3v) is 4.36. The molecule has 0 aliphatic carbocycles. The van der Waals surface area contributed by atoms with Gasteiger partial charge in [0.15, 0.2) is 0 Å². The van der Waals surface area contributed by atoms with Gasteiger partial charge in [0.25, 0.3) is 0 Å². The Morgan fingerprint density at radius 1 is 0.731 bits per heavy atom. The van der Waals surface area contributed by atoms with Gasteiger partial charge < -0.3 is 9.90 Å². The number of unbranched alkanes of at least 4 members (excludes halogenated alkanes) is 8. The number of rotatable bonds is 18. The predicted octanol–water partition coefficient (Wildman–Crippen LogP) is 1.88. The Balaban J connectivity index is 0. The van der Waals surface area contributed by atoms with Crippen LogP contribution < -0.4 is 24.0 Å². The Kier molecular flexibility index (Phi) is 24.0. The van der Waals surface area contributed by atoms with E-state index in [-0.39, 0.29) is 25.4 Å². The smallest absolute Gasteiger partial charge is 0.549 e. The van der Waals surface area contributed by atoms with Crippen LogP contribution in [0, 0.1) is 0 Å². The Hall–Kier alpha value is -0.493. The molecule has 0 N–H and O–H groups in total. The Morgan fingerprint density at radius 3 is 1.54 bits per heavy atom. The van der Waals surface area contributed by atoms with E-state index in [0.717, 1.165) is 38.8 Å². The summed E-state index contributed by atoms with van der Waals surface area (Å²) in [5.74, 6) is -0.980. The van der Waals surface area contributed by atoms with Crippen LogP contribution in [-0.4, -0.2) is 30.5 Å². The second kappa shape index (κ2) is 22.5. The van der Waals surface area contributed by atoms with Crippen molar-refractivity contribution >= 4 is 5.97 Å². The van der Waals surface area contributed by atoms with Crippen LogP contribution >= 0.6 is 0 Å². The predicted molar refractivity (Wildman–Crippen MR) is 106 cm³/mol. The summed E-state index contributed by atoms with van der Waals surface area (Å²) in [6.45, 7) is 6.08. The van der Waals surface area contributed by atoms with Crippen molar-refractivity contribution in [2.45, 2.75) is 90.9 Å². The zero-order valence-corrected chi connectivity index (χ0v) is 17.7. The molecule has 26 heavy (non-hydrogen) atoms. The quantitative estimate of drug-likeness (QED) is 0.214. The Morgan fingerprint density at radius 2 is 1.15 bits per heavy atom. The number of carbonyl (C=O) groups excluding carboxylic acids is 1. The van der Waals surface area contributed by atoms with Crippen LogP contribution in [-0.2, 0) is 4.79 Å². The maximum atomic E-state index is 10.9. The first-order chi connectivity index (χ1) is 12.2. The first kappa shape index (κ1) is 27.7. The van der Waals surface area contributed by atoms with E-state index in [2.05, 4.69) is 38.2 Å². The molecular weight excluding hydrogens is 317 g/mol. The Labute approximate surface area is 174 Å². The molecule has 0 aromatic heterocycles. The molecule has 0 aliphatic rings. The molecular formula is C22H40LiNO2. The van der Waals surface area contributed by atoms with E-state index in [1.807, 2.05) is 4.90 Å². The van der Waals surface area contributed by atoms with Gasteiger partial charge in [0, 0.05) is 19.6 Å². The van der Waals surface area contributed by atoms with E-state index in [1.54, 1.807) is 0 Å². The maximum Gasteiger partial charge on any atom is 1.00 e. The molecule has 0 amide bonds. The third kappa shape index (κ3) is 21.5. The molecule has 0 aromatic rings. The van der Waals surface area contributed by atoms with Crippen molar-refractivity contribution in [1.29, 1.82) is 0 Å². The van der Waals surface area contributed by atoms with Crippen molar-refractivity contribution in [3.8, 4) is 0 Å². The maximum absolute atomic E-state index is 10.9. The summed E-state index contributed by atoms with van der Waals surface area (Å²) >= 11 is 0. The SMILES string of the molecule is CCCCCC/C=C/CCN(CC/C=C/CCCCCC)CC(=O)[O-].[Li+]. The summed E-state index contributed by atoms with van der Waals surface area (Å²) < 4.78 is 0. The molecule has 0 fully saturated rings. The molecule has 0 saturated heterocycles. The molecule has 0 unspecified atom stereocenters. The average Bonchev–Trinajstić information content (AvgIpc) is 2.58. The van der Waals surface area contributed by atoms with Gasteiger partial charge in [0.1, 0.15) is 0 Å². The van der Waals surface area contributed by atoms with Crippen LogP contribution in [0.15, 0.2) is 24.3 Å². The molecule has 0 radical (unpaired) electrons. The minimum atomic E-state index is -0.980. The van der Waals surface area contributed by atoms with Crippen LogP contribution in [0.4, 0.5) is 0 Å². The summed E-state index contributed by atoms with van der Waals surface area (Å²) in [6.07, 6.45) is 23.3. The van der Waals surface area contributed by atoms with E-state index in [9.17, 15) is 9.90 Å². The van der Waals surface area contributed by atoms with Gasteiger partial charge >= 0.3 is 18.9 Å². The van der Waals surface area contributed by atoms with E-state index < -0.39 is 5.97 Å². The molecule has 0 rings (SSSR count). The standard InChI is InChI=1S/C22H41NO2.Li/c1-3-5-7-9-11-13-15-17-19-23(21-22(24)25)20-18-16-14-12-10-8-6-4-2;/h13-16H,3-12,17-21H2,1-2H3,(H,24,25);/q;+1/p-1/b15-13+,16-14+;. The summed E-state index contributed by atoms with van der Waals surface area (Å²) in [6, 6.07) is 0. The summed E-state index contributed by atoms with van der Waals surface area (Å²) in [4.78, 5) is 12.9. The van der Waals surface area contributed by atoms with Gasteiger partial charge in [-0.05, 0) is 38.5 Å². The molecule has 4 heteroatoms. The van der Waals surface area contributed by atoms with E-state index in [1.165, 1.54) is 51.4 Å². The van der Waals surface area contributed by atoms with Crippen LogP contribution in [0.1, 0.15) is 90.9 Å². The fourth-order valence-corrected chi connectivity index (χ4v) is 2.82. The van der Waals surface area contributed by atoms with Crippen LogP contribution in [0.3, 0.4) is 0 Å². The molecule has 0 atom stereocenters. The number of nitrogens with zero attached hydrogens (tertiary/aromatic N) is 1. The normalized spacial score (nSPS) is 11.5. The molecule has 0 bridgehead atoms. The minimum absolute atomic E-state index is 0. The number of carboxylic acid groups (broad SMARTS) is 1. The zero-order valence-electron chi connectivity index (χ0n) is 17.7. The van der Waals surface area contributed by atoms with Crippen molar-refractivity contribution in [3.05, 3.63) is 24.3 Å². The van der Waals surface area contributed by atoms with Crippen LogP contribution in [0.2, 0.25) is 0 Å². The Bertz CT molecular complexity index is 330. The van der Waals surface area contributed by atoms with E-state index >= 15 is 0 Å². The van der Waals surface area contributed by atoms with Crippen molar-refractivity contribution in [1.82, 2.24) is 4.90 Å². The minimum Gasteiger partial charge on any atom is -0.549 e. The second-order valence-electron chi connectivity index (χ2n) is 6.87. The van der Waals surface area contributed by atoms with E-state index in [0.29, 0.717) is 0 Å². The molecule has 0 aliphatic heterocycles. The fraction of sp³-hybridized carbons (Fsp3) is 0.773. The van der Waals surface area contributed by atoms with Crippen LogP contribution in [0.5, 0.6) is 0 Å². The first-order valence-electron chi connectivity index (χ1n) is 10.4. The topological polar surface area (TPSA) is 43.4 Å². The number of carboxylic acids is 1. The van der Waals surface area contributed by atoms with Gasteiger partial charge in [0.05, 0.1) is 5.97 Å². The van der Waals surface area contributed by atoms with Gasteiger partial charge in [-0.25, -0.2) is 0 Å². The second-order valence-corrected chi connectivity index (χ2v) is 6.87. The molecule has 0 saturated carbocycles. The van der Waals surface area contributed by atoms with Gasteiger partial charge in [-0.2, -0.15) is 0 Å². The largest absolute Gasteiger partial charge is 1.00 e. The third-order valence-electron chi connectivity index (χ3n) is 4.36. The molecule has 0 spiro atoms. The summed E-state index contributed by atoms with van der Waals surface area (Å²) in [7, 11) is 0. The number of carbonyl (C=O) groups is 1. The van der Waals surface area contributed by atoms with Crippen molar-refractivity contribution in [3.63, 3.8) is 0 Å². The van der Waals surface area contributed by atoms with Crippen LogP contribution in [0.25, 0.3) is 0 Å². The van der Waals surface area contributed by atoms with Crippen molar-refractivity contribution in [2.24, 2.45) is 0 Å². The van der Waals surface area contributed by atoms with Gasteiger partial charge in [0.2, 0.25) is 0 Å². The molecule has 0 heterocycles. The van der Waals surface area contributed by atoms with Crippen molar-refractivity contribution in [2.75, 3.05) is 19.6 Å². The van der Waals surface area contributed by atoms with Gasteiger partial charge in [-0.3, -0.25) is 4.90 Å². The number of allylic oxidation sites excluding steroid dienone is 2. The van der Waals surface area contributed by atoms with E-state index in [4.69, 9.17) is 0 Å². The number of hydrogen-bond acceptors (Lipinski definition) is 3. The first-order valence-corrected chi connectivity index (χ1v) is 10.4. The van der Waals surface area contributed by atoms with Crippen molar-refractivity contribution < 1.29 is 28.8 Å². The van der Waals surface area contributed by atoms with Gasteiger partial charge in [-0.15, -0.1) is 0 Å². The fourth-order valence-electron chi connectivity index (χ4n) is 2.82. The monoisotopic (exact) mass is 357 g/mol. The molecule has 3 nitrogen and oxygen atoms in total.